The lowest BCUT2D eigenvalue weighted by Crippen LogP contribution is -2.45. The first-order valence-electron chi connectivity index (χ1n) is 7.57. The maximum absolute atomic E-state index is 12.5. The predicted octanol–water partition coefficient (Wildman–Crippen LogP) is 3.55. The molecule has 10 heteroatoms. The molecule has 0 bridgehead atoms. The van der Waals surface area contributed by atoms with Crippen molar-refractivity contribution in [3.63, 3.8) is 0 Å². The van der Waals surface area contributed by atoms with Gasteiger partial charge in [-0.2, -0.15) is 13.2 Å². The molecule has 0 amide bonds. The highest BCUT2D eigenvalue weighted by molar-refractivity contribution is 14.0. The summed E-state index contributed by atoms with van der Waals surface area (Å²) < 4.78 is 43.0. The zero-order valence-electron chi connectivity index (χ0n) is 15.0. The number of nitrogens with zero attached hydrogens (tertiary/aromatic N) is 2. The fourth-order valence-corrected chi connectivity index (χ4v) is 2.80. The van der Waals surface area contributed by atoms with Gasteiger partial charge in [0.1, 0.15) is 0 Å². The minimum atomic E-state index is -4.39. The second-order valence-corrected chi connectivity index (χ2v) is 7.29. The van der Waals surface area contributed by atoms with Crippen LogP contribution in [0.3, 0.4) is 0 Å². The van der Waals surface area contributed by atoms with E-state index < -0.39 is 11.9 Å². The van der Waals surface area contributed by atoms with Crippen LogP contribution in [0.5, 0.6) is 0 Å². The zero-order valence-corrected chi connectivity index (χ0v) is 18.2. The molecule has 0 fully saturated rings. The zero-order chi connectivity index (χ0) is 18.4. The fourth-order valence-electron chi connectivity index (χ4n) is 2.00. The van der Waals surface area contributed by atoms with Crippen LogP contribution in [0.1, 0.15) is 31.5 Å². The van der Waals surface area contributed by atoms with E-state index in [9.17, 15) is 13.2 Å². The molecule has 0 aliphatic heterocycles. The summed E-state index contributed by atoms with van der Waals surface area (Å²) in [5.74, 6) is 0.578. The third kappa shape index (κ3) is 8.54. The molecule has 5 nitrogen and oxygen atoms in total. The van der Waals surface area contributed by atoms with E-state index in [4.69, 9.17) is 4.74 Å². The van der Waals surface area contributed by atoms with Gasteiger partial charge in [-0.25, -0.2) is 4.98 Å². The number of halogens is 4. The molecule has 146 valence electrons. The number of alkyl halides is 3. The Morgan fingerprint density at radius 1 is 1.32 bits per heavy atom. The van der Waals surface area contributed by atoms with E-state index in [0.29, 0.717) is 30.5 Å². The summed E-state index contributed by atoms with van der Waals surface area (Å²) in [6.45, 7) is 7.27. The Morgan fingerprint density at radius 3 is 2.40 bits per heavy atom. The Morgan fingerprint density at radius 2 is 1.96 bits per heavy atom. The Hall–Kier alpha value is -0.620. The minimum Gasteiger partial charge on any atom is -0.379 e. The number of methoxy groups -OCH3 is 1. The quantitative estimate of drug-likeness (QED) is 0.361. The molecule has 1 aromatic rings. The van der Waals surface area contributed by atoms with Gasteiger partial charge in [-0.05, 0) is 5.41 Å². The number of aromatic nitrogens is 1. The van der Waals surface area contributed by atoms with Crippen molar-refractivity contribution in [3.05, 3.63) is 16.1 Å². The van der Waals surface area contributed by atoms with Crippen molar-refractivity contribution in [1.82, 2.24) is 15.6 Å². The van der Waals surface area contributed by atoms with Crippen LogP contribution in [0.25, 0.3) is 0 Å². The first-order valence-corrected chi connectivity index (χ1v) is 8.44. The molecule has 0 aliphatic rings. The van der Waals surface area contributed by atoms with Gasteiger partial charge < -0.3 is 15.4 Å². The molecule has 0 spiro atoms. The van der Waals surface area contributed by atoms with Crippen LogP contribution in [0.2, 0.25) is 0 Å². The molecule has 0 saturated carbocycles. The van der Waals surface area contributed by atoms with Gasteiger partial charge in [0, 0.05) is 39.0 Å². The van der Waals surface area contributed by atoms with Crippen molar-refractivity contribution in [2.75, 3.05) is 27.2 Å². The summed E-state index contributed by atoms with van der Waals surface area (Å²) in [5.41, 5.74) is -0.853. The molecule has 0 aliphatic carbocycles. The van der Waals surface area contributed by atoms with Gasteiger partial charge in [0.05, 0.1) is 11.1 Å². The number of nitrogens with one attached hydrogen (secondary N) is 2. The van der Waals surface area contributed by atoms with E-state index in [-0.39, 0.29) is 35.5 Å². The van der Waals surface area contributed by atoms with E-state index in [0.717, 1.165) is 16.7 Å². The molecule has 1 aromatic heterocycles. The average molecular weight is 494 g/mol. The van der Waals surface area contributed by atoms with E-state index in [1.54, 1.807) is 14.2 Å². The summed E-state index contributed by atoms with van der Waals surface area (Å²) in [7, 11) is 3.30. The van der Waals surface area contributed by atoms with Crippen molar-refractivity contribution in [2.45, 2.75) is 39.5 Å². The van der Waals surface area contributed by atoms with E-state index in [1.165, 1.54) is 0 Å². The van der Waals surface area contributed by atoms with Crippen LogP contribution in [0, 0.1) is 5.41 Å². The van der Waals surface area contributed by atoms with Gasteiger partial charge in [-0.3, -0.25) is 4.99 Å². The van der Waals surface area contributed by atoms with Crippen LogP contribution in [-0.4, -0.2) is 44.3 Å². The maximum atomic E-state index is 12.5. The summed E-state index contributed by atoms with van der Waals surface area (Å²) in [5, 5.41) is 7.70. The summed E-state index contributed by atoms with van der Waals surface area (Å²) >= 11 is 1.01. The third-order valence-corrected chi connectivity index (χ3v) is 4.31. The Balaban J connectivity index is 0.00000576. The fraction of sp³-hybridized carbons (Fsp3) is 0.733. The Kier molecular flexibility index (Phi) is 10.2. The predicted molar refractivity (Wildman–Crippen MR) is 106 cm³/mol. The SMILES string of the molecule is CN=C(NCCc1nc(C(F)(F)F)cs1)NCC(OC)C(C)(C)C.I. The first kappa shape index (κ1) is 24.4. The molecular formula is C15H26F3IN4OS. The van der Waals surface area contributed by atoms with E-state index >= 15 is 0 Å². The van der Waals surface area contributed by atoms with Crippen molar-refractivity contribution in [1.29, 1.82) is 0 Å². The highest BCUT2D eigenvalue weighted by Gasteiger charge is 2.33. The standard InChI is InChI=1S/C15H25F3N4OS.HI/c1-14(2,3)11(23-5)8-21-13(19-4)20-7-6-12-22-10(9-24-12)15(16,17)18;/h9,11H,6-8H2,1-5H3,(H2,19,20,21);1H. The third-order valence-electron chi connectivity index (χ3n) is 3.40. The van der Waals surface area contributed by atoms with Gasteiger partial charge in [-0.1, -0.05) is 20.8 Å². The summed E-state index contributed by atoms with van der Waals surface area (Å²) in [6, 6.07) is 0. The van der Waals surface area contributed by atoms with Crippen molar-refractivity contribution in [2.24, 2.45) is 10.4 Å². The Labute approximate surface area is 167 Å². The van der Waals surface area contributed by atoms with Gasteiger partial charge >= 0.3 is 6.18 Å². The molecule has 1 rings (SSSR count). The van der Waals surface area contributed by atoms with Crippen LogP contribution < -0.4 is 10.6 Å². The van der Waals surface area contributed by atoms with Crippen molar-refractivity contribution in [3.8, 4) is 0 Å². The molecular weight excluding hydrogens is 468 g/mol. The summed E-state index contributed by atoms with van der Waals surface area (Å²) in [4.78, 5) is 7.69. The van der Waals surface area contributed by atoms with Crippen LogP contribution in [0.4, 0.5) is 13.2 Å². The van der Waals surface area contributed by atoms with Gasteiger partial charge in [0.25, 0.3) is 0 Å². The number of ether oxygens (including phenoxy) is 1. The number of rotatable bonds is 6. The normalized spacial score (nSPS) is 14.0. The van der Waals surface area contributed by atoms with E-state index in [1.807, 2.05) is 0 Å². The van der Waals surface area contributed by atoms with Crippen molar-refractivity contribution < 1.29 is 17.9 Å². The smallest absolute Gasteiger partial charge is 0.379 e. The summed E-state index contributed by atoms with van der Waals surface area (Å²) in [6.07, 6.45) is -3.99. The molecule has 0 aromatic carbocycles. The largest absolute Gasteiger partial charge is 0.434 e. The van der Waals surface area contributed by atoms with Crippen LogP contribution >= 0.6 is 35.3 Å². The maximum Gasteiger partial charge on any atom is 0.434 e. The monoisotopic (exact) mass is 494 g/mol. The molecule has 0 saturated heterocycles. The first-order chi connectivity index (χ1) is 11.1. The number of guanidine groups is 1. The van der Waals surface area contributed by atoms with Crippen molar-refractivity contribution >= 4 is 41.3 Å². The lowest BCUT2D eigenvalue weighted by Gasteiger charge is -2.30. The van der Waals surface area contributed by atoms with Gasteiger partial charge in [-0.15, -0.1) is 35.3 Å². The topological polar surface area (TPSA) is 58.5 Å². The number of hydrogen-bond acceptors (Lipinski definition) is 4. The molecule has 1 unspecified atom stereocenters. The minimum absolute atomic E-state index is 0. The Bertz CT molecular complexity index is 544. The lowest BCUT2D eigenvalue weighted by molar-refractivity contribution is -0.140. The molecule has 1 heterocycles. The molecule has 1 atom stereocenters. The van der Waals surface area contributed by atoms with Gasteiger partial charge in [0.2, 0.25) is 0 Å². The lowest BCUT2D eigenvalue weighted by atomic mass is 9.89. The molecule has 0 radical (unpaired) electrons. The second-order valence-electron chi connectivity index (χ2n) is 6.34. The van der Waals surface area contributed by atoms with Crippen LogP contribution in [0.15, 0.2) is 10.4 Å². The molecule has 2 N–H and O–H groups in total. The number of thiazole rings is 1. The van der Waals surface area contributed by atoms with E-state index in [2.05, 4.69) is 41.4 Å². The second kappa shape index (κ2) is 10.5. The number of aliphatic imine (C=N–C) groups is 1. The highest BCUT2D eigenvalue weighted by atomic mass is 127. The number of hydrogen-bond donors (Lipinski definition) is 2. The highest BCUT2D eigenvalue weighted by Crippen LogP contribution is 2.30. The molecule has 25 heavy (non-hydrogen) atoms. The van der Waals surface area contributed by atoms with Gasteiger partial charge in [0.15, 0.2) is 11.7 Å². The van der Waals surface area contributed by atoms with Crippen LogP contribution in [-0.2, 0) is 17.3 Å². The average Bonchev–Trinajstić information content (AvgIpc) is 2.93.